The van der Waals surface area contributed by atoms with Crippen molar-refractivity contribution in [3.05, 3.63) is 18.7 Å². The first-order valence-corrected chi connectivity index (χ1v) is 7.70. The molecule has 0 saturated carbocycles. The van der Waals surface area contributed by atoms with E-state index < -0.39 is 23.4 Å². The molecule has 2 amide bonds. The number of nitrogens with one attached hydrogen (secondary N) is 1. The lowest BCUT2D eigenvalue weighted by Crippen LogP contribution is -2.42. The van der Waals surface area contributed by atoms with Gasteiger partial charge >= 0.3 is 12.2 Å². The van der Waals surface area contributed by atoms with Crippen molar-refractivity contribution in [2.24, 2.45) is 0 Å². The first-order valence-electron chi connectivity index (χ1n) is 7.70. The van der Waals surface area contributed by atoms with Crippen LogP contribution < -0.4 is 10.2 Å². The third kappa shape index (κ3) is 7.75. The SMILES string of the molecule is CC(C)(C)OC(=O)NCCN(C(=O)OC(C)(C)C)c1cncnc1. The van der Waals surface area contributed by atoms with Crippen LogP contribution in [0.1, 0.15) is 41.5 Å². The zero-order chi connectivity index (χ0) is 18.4. The molecule has 0 bridgehead atoms. The molecule has 0 aromatic carbocycles. The number of anilines is 1. The number of carbonyl (C=O) groups is 2. The molecule has 0 saturated heterocycles. The van der Waals surface area contributed by atoms with Crippen molar-refractivity contribution in [1.82, 2.24) is 15.3 Å². The average molecular weight is 338 g/mol. The first-order chi connectivity index (χ1) is 11.0. The molecule has 8 nitrogen and oxygen atoms in total. The summed E-state index contributed by atoms with van der Waals surface area (Å²) >= 11 is 0. The van der Waals surface area contributed by atoms with Gasteiger partial charge in [0, 0.05) is 13.1 Å². The second-order valence-corrected chi connectivity index (χ2v) is 7.16. The molecular formula is C16H26N4O4. The van der Waals surface area contributed by atoms with E-state index in [-0.39, 0.29) is 13.1 Å². The van der Waals surface area contributed by atoms with Crippen LogP contribution in [0, 0.1) is 0 Å². The Labute approximate surface area is 142 Å². The van der Waals surface area contributed by atoms with Gasteiger partial charge in [-0.3, -0.25) is 4.90 Å². The van der Waals surface area contributed by atoms with Crippen LogP contribution in [0.2, 0.25) is 0 Å². The molecule has 8 heteroatoms. The van der Waals surface area contributed by atoms with E-state index in [1.165, 1.54) is 23.6 Å². The Morgan fingerprint density at radius 2 is 1.58 bits per heavy atom. The van der Waals surface area contributed by atoms with E-state index in [2.05, 4.69) is 15.3 Å². The number of ether oxygens (including phenoxy) is 2. The number of carbonyl (C=O) groups excluding carboxylic acids is 2. The highest BCUT2D eigenvalue weighted by atomic mass is 16.6. The van der Waals surface area contributed by atoms with Crippen LogP contribution in [0.4, 0.5) is 15.3 Å². The Kier molecular flexibility index (Phi) is 6.51. The minimum atomic E-state index is -0.635. The minimum Gasteiger partial charge on any atom is -0.444 e. The lowest BCUT2D eigenvalue weighted by atomic mass is 10.2. The quantitative estimate of drug-likeness (QED) is 0.907. The van der Waals surface area contributed by atoms with E-state index in [9.17, 15) is 9.59 Å². The molecule has 0 unspecified atom stereocenters. The fraction of sp³-hybridized carbons (Fsp3) is 0.625. The second kappa shape index (κ2) is 7.94. The molecule has 0 aliphatic heterocycles. The Morgan fingerprint density at radius 1 is 1.04 bits per heavy atom. The van der Waals surface area contributed by atoms with Crippen molar-refractivity contribution in [3.8, 4) is 0 Å². The van der Waals surface area contributed by atoms with Crippen molar-refractivity contribution < 1.29 is 19.1 Å². The molecule has 0 fully saturated rings. The summed E-state index contributed by atoms with van der Waals surface area (Å²) in [6.45, 7) is 11.1. The molecule has 0 atom stereocenters. The minimum absolute atomic E-state index is 0.196. The van der Waals surface area contributed by atoms with E-state index in [0.29, 0.717) is 5.69 Å². The van der Waals surface area contributed by atoms with Crippen LogP contribution in [0.25, 0.3) is 0 Å². The number of nitrogens with zero attached hydrogens (tertiary/aromatic N) is 3. The Bertz CT molecular complexity index is 549. The average Bonchev–Trinajstić information content (AvgIpc) is 2.40. The molecule has 24 heavy (non-hydrogen) atoms. The fourth-order valence-corrected chi connectivity index (χ4v) is 1.66. The predicted molar refractivity (Wildman–Crippen MR) is 89.8 cm³/mol. The monoisotopic (exact) mass is 338 g/mol. The summed E-state index contributed by atoms with van der Waals surface area (Å²) in [4.78, 5) is 33.2. The second-order valence-electron chi connectivity index (χ2n) is 7.16. The smallest absolute Gasteiger partial charge is 0.414 e. The molecule has 1 aromatic rings. The van der Waals surface area contributed by atoms with E-state index in [1.807, 2.05) is 0 Å². The van der Waals surface area contributed by atoms with Crippen molar-refractivity contribution in [2.45, 2.75) is 52.7 Å². The standard InChI is InChI=1S/C16H26N4O4/c1-15(2,3)23-13(21)19-7-8-20(12-9-17-11-18-10-12)14(22)24-16(4,5)6/h9-11H,7-8H2,1-6H3,(H,19,21). The molecule has 0 spiro atoms. The van der Waals surface area contributed by atoms with Crippen LogP contribution in [0.15, 0.2) is 18.7 Å². The van der Waals surface area contributed by atoms with Gasteiger partial charge in [0.25, 0.3) is 0 Å². The Morgan fingerprint density at radius 3 is 2.08 bits per heavy atom. The van der Waals surface area contributed by atoms with Crippen LogP contribution in [-0.4, -0.2) is 46.4 Å². The van der Waals surface area contributed by atoms with Crippen molar-refractivity contribution in [1.29, 1.82) is 0 Å². The van der Waals surface area contributed by atoms with E-state index in [4.69, 9.17) is 9.47 Å². The van der Waals surface area contributed by atoms with Gasteiger partial charge in [-0.25, -0.2) is 19.6 Å². The van der Waals surface area contributed by atoms with Gasteiger partial charge in [-0.1, -0.05) is 0 Å². The zero-order valence-corrected chi connectivity index (χ0v) is 15.1. The van der Waals surface area contributed by atoms with Crippen LogP contribution in [0.3, 0.4) is 0 Å². The summed E-state index contributed by atoms with van der Waals surface area (Å²) in [5, 5.41) is 2.61. The van der Waals surface area contributed by atoms with Crippen molar-refractivity contribution in [3.63, 3.8) is 0 Å². The van der Waals surface area contributed by atoms with Gasteiger partial charge in [-0.2, -0.15) is 0 Å². The predicted octanol–water partition coefficient (Wildman–Crippen LogP) is 2.74. The van der Waals surface area contributed by atoms with E-state index >= 15 is 0 Å². The van der Waals surface area contributed by atoms with Crippen molar-refractivity contribution in [2.75, 3.05) is 18.0 Å². The molecule has 1 aromatic heterocycles. The van der Waals surface area contributed by atoms with Crippen LogP contribution in [-0.2, 0) is 9.47 Å². The van der Waals surface area contributed by atoms with Gasteiger partial charge in [0.15, 0.2) is 0 Å². The van der Waals surface area contributed by atoms with Crippen LogP contribution >= 0.6 is 0 Å². The number of hydrogen-bond donors (Lipinski definition) is 1. The lowest BCUT2D eigenvalue weighted by Gasteiger charge is -2.27. The maximum Gasteiger partial charge on any atom is 0.414 e. The van der Waals surface area contributed by atoms with Crippen LogP contribution in [0.5, 0.6) is 0 Å². The zero-order valence-electron chi connectivity index (χ0n) is 15.1. The Balaban J connectivity index is 2.70. The van der Waals surface area contributed by atoms with E-state index in [1.54, 1.807) is 41.5 Å². The molecule has 1 heterocycles. The summed E-state index contributed by atoms with van der Waals surface area (Å²) in [6.07, 6.45) is 3.30. The number of alkyl carbamates (subject to hydrolysis) is 1. The van der Waals surface area contributed by atoms with Gasteiger partial charge in [0.1, 0.15) is 17.5 Å². The highest BCUT2D eigenvalue weighted by molar-refractivity contribution is 5.87. The summed E-state index contributed by atoms with van der Waals surface area (Å²) in [6, 6.07) is 0. The summed E-state index contributed by atoms with van der Waals surface area (Å²) < 4.78 is 10.5. The number of rotatable bonds is 4. The molecule has 134 valence electrons. The van der Waals surface area contributed by atoms with Gasteiger partial charge in [0.05, 0.1) is 18.1 Å². The summed E-state index contributed by atoms with van der Waals surface area (Å²) in [5.41, 5.74) is -0.732. The normalized spacial score (nSPS) is 11.6. The summed E-state index contributed by atoms with van der Waals surface area (Å²) in [5.74, 6) is 0. The number of aromatic nitrogens is 2. The number of amides is 2. The molecule has 0 aliphatic carbocycles. The molecule has 1 rings (SSSR count). The van der Waals surface area contributed by atoms with Crippen molar-refractivity contribution >= 4 is 17.9 Å². The van der Waals surface area contributed by atoms with Gasteiger partial charge in [0.2, 0.25) is 0 Å². The molecule has 0 aliphatic rings. The topological polar surface area (TPSA) is 93.7 Å². The molecular weight excluding hydrogens is 312 g/mol. The lowest BCUT2D eigenvalue weighted by molar-refractivity contribution is 0.0513. The third-order valence-electron chi connectivity index (χ3n) is 2.48. The van der Waals surface area contributed by atoms with E-state index in [0.717, 1.165) is 0 Å². The maximum atomic E-state index is 12.4. The first kappa shape index (κ1) is 19.7. The van der Waals surface area contributed by atoms with Gasteiger partial charge in [-0.15, -0.1) is 0 Å². The third-order valence-corrected chi connectivity index (χ3v) is 2.48. The van der Waals surface area contributed by atoms with Gasteiger partial charge < -0.3 is 14.8 Å². The summed E-state index contributed by atoms with van der Waals surface area (Å²) in [7, 11) is 0. The fourth-order valence-electron chi connectivity index (χ4n) is 1.66. The maximum absolute atomic E-state index is 12.4. The number of hydrogen-bond acceptors (Lipinski definition) is 6. The Hall–Kier alpha value is -2.38. The van der Waals surface area contributed by atoms with Gasteiger partial charge in [-0.05, 0) is 41.5 Å². The highest BCUT2D eigenvalue weighted by Crippen LogP contribution is 2.16. The molecule has 1 N–H and O–H groups in total. The largest absolute Gasteiger partial charge is 0.444 e. The molecule has 0 radical (unpaired) electrons. The highest BCUT2D eigenvalue weighted by Gasteiger charge is 2.24.